The monoisotopic (exact) mass is 287 g/mol. The Bertz CT molecular complexity index is 556. The van der Waals surface area contributed by atoms with Crippen molar-refractivity contribution in [1.29, 1.82) is 0 Å². The van der Waals surface area contributed by atoms with E-state index in [1.54, 1.807) is 0 Å². The van der Waals surface area contributed by atoms with Crippen LogP contribution >= 0.6 is 23.4 Å². The highest BCUT2D eigenvalue weighted by molar-refractivity contribution is 7.99. The first-order valence-corrected chi connectivity index (χ1v) is 7.35. The molecule has 0 aliphatic carbocycles. The highest BCUT2D eigenvalue weighted by Crippen LogP contribution is 2.25. The zero-order valence-corrected chi connectivity index (χ0v) is 11.7. The Hall–Kier alpha value is -0.940. The molecule has 0 atom stereocenters. The molecule has 18 heavy (non-hydrogen) atoms. The van der Waals surface area contributed by atoms with Crippen LogP contribution in [0.15, 0.2) is 12.1 Å². The largest absolute Gasteiger partial charge is 0.369 e. The summed E-state index contributed by atoms with van der Waals surface area (Å²) in [5.41, 5.74) is 7.19. The SMILES string of the molecule is CCSCCCn1c(N)nc2cc(Cl)c(F)cc21. The van der Waals surface area contributed by atoms with E-state index >= 15 is 0 Å². The van der Waals surface area contributed by atoms with Gasteiger partial charge in [-0.25, -0.2) is 9.37 Å². The van der Waals surface area contributed by atoms with Gasteiger partial charge < -0.3 is 10.3 Å². The molecule has 0 unspecified atom stereocenters. The van der Waals surface area contributed by atoms with Gasteiger partial charge in [0.05, 0.1) is 16.1 Å². The highest BCUT2D eigenvalue weighted by atomic mass is 35.5. The minimum Gasteiger partial charge on any atom is -0.369 e. The smallest absolute Gasteiger partial charge is 0.201 e. The Morgan fingerprint density at radius 2 is 2.28 bits per heavy atom. The van der Waals surface area contributed by atoms with Crippen molar-refractivity contribution in [2.45, 2.75) is 19.9 Å². The van der Waals surface area contributed by atoms with E-state index < -0.39 is 5.82 Å². The Morgan fingerprint density at radius 1 is 1.50 bits per heavy atom. The lowest BCUT2D eigenvalue weighted by Crippen LogP contribution is -2.04. The van der Waals surface area contributed by atoms with Crippen LogP contribution in [0.5, 0.6) is 0 Å². The molecule has 0 aliphatic heterocycles. The molecule has 2 rings (SSSR count). The summed E-state index contributed by atoms with van der Waals surface area (Å²) in [7, 11) is 0. The van der Waals surface area contributed by atoms with Crippen LogP contribution in [0.4, 0.5) is 10.3 Å². The van der Waals surface area contributed by atoms with Crippen molar-refractivity contribution in [2.75, 3.05) is 17.2 Å². The van der Waals surface area contributed by atoms with E-state index in [1.807, 2.05) is 16.3 Å². The van der Waals surface area contributed by atoms with Crippen molar-refractivity contribution >= 4 is 40.3 Å². The topological polar surface area (TPSA) is 43.8 Å². The molecule has 2 N–H and O–H groups in total. The third-order valence-electron chi connectivity index (χ3n) is 2.69. The molecule has 0 aliphatic rings. The number of anilines is 1. The molecule has 1 heterocycles. The number of fused-ring (bicyclic) bond motifs is 1. The van der Waals surface area contributed by atoms with E-state index in [0.717, 1.165) is 24.5 Å². The van der Waals surface area contributed by atoms with E-state index in [4.69, 9.17) is 17.3 Å². The number of hydrogen-bond acceptors (Lipinski definition) is 3. The maximum absolute atomic E-state index is 13.5. The average Bonchev–Trinajstić information content (AvgIpc) is 2.62. The first kappa shape index (κ1) is 13.5. The Balaban J connectivity index is 2.26. The summed E-state index contributed by atoms with van der Waals surface area (Å²) >= 11 is 7.60. The van der Waals surface area contributed by atoms with E-state index in [1.165, 1.54) is 12.1 Å². The summed E-state index contributed by atoms with van der Waals surface area (Å²) in [5.74, 6) is 2.14. The lowest BCUT2D eigenvalue weighted by molar-refractivity contribution is 0.628. The standard InChI is InChI=1S/C12H15ClFN3S/c1-2-18-5-3-4-17-11-7-9(14)8(13)6-10(11)16-12(17)15/h6-7H,2-5H2,1H3,(H2,15,16). The van der Waals surface area contributed by atoms with Crippen LogP contribution in [0.3, 0.4) is 0 Å². The summed E-state index contributed by atoms with van der Waals surface area (Å²) in [6.45, 7) is 2.87. The van der Waals surface area contributed by atoms with Crippen molar-refractivity contribution in [3.05, 3.63) is 23.0 Å². The van der Waals surface area contributed by atoms with E-state index in [9.17, 15) is 4.39 Å². The summed E-state index contributed by atoms with van der Waals surface area (Å²) in [6.07, 6.45) is 0.985. The maximum atomic E-state index is 13.5. The fourth-order valence-corrected chi connectivity index (χ4v) is 2.62. The molecule has 0 saturated heterocycles. The number of nitrogens with zero attached hydrogens (tertiary/aromatic N) is 2. The number of nitrogen functional groups attached to an aromatic ring is 1. The average molecular weight is 288 g/mol. The molecular weight excluding hydrogens is 273 g/mol. The zero-order valence-electron chi connectivity index (χ0n) is 10.1. The number of nitrogens with two attached hydrogens (primary N) is 1. The highest BCUT2D eigenvalue weighted by Gasteiger charge is 2.11. The van der Waals surface area contributed by atoms with Crippen LogP contribution in [-0.2, 0) is 6.54 Å². The molecule has 0 amide bonds. The van der Waals surface area contributed by atoms with Crippen molar-refractivity contribution in [3.8, 4) is 0 Å². The first-order valence-electron chi connectivity index (χ1n) is 5.82. The van der Waals surface area contributed by atoms with Gasteiger partial charge in [-0.05, 0) is 24.0 Å². The van der Waals surface area contributed by atoms with Gasteiger partial charge in [0, 0.05) is 12.6 Å². The molecule has 0 radical (unpaired) electrons. The van der Waals surface area contributed by atoms with Crippen LogP contribution in [-0.4, -0.2) is 21.1 Å². The predicted octanol–water partition coefficient (Wildman–Crippen LogP) is 3.55. The predicted molar refractivity (Wildman–Crippen MR) is 76.7 cm³/mol. The second-order valence-electron chi connectivity index (χ2n) is 3.93. The summed E-state index contributed by atoms with van der Waals surface area (Å²) in [5, 5.41) is 0.0775. The summed E-state index contributed by atoms with van der Waals surface area (Å²) in [6, 6.07) is 2.91. The molecule has 6 heteroatoms. The number of thioether (sulfide) groups is 1. The fourth-order valence-electron chi connectivity index (χ4n) is 1.84. The Morgan fingerprint density at radius 3 is 3.00 bits per heavy atom. The molecule has 1 aromatic heterocycles. The minimum atomic E-state index is -0.437. The molecule has 0 spiro atoms. The first-order chi connectivity index (χ1) is 8.63. The molecule has 98 valence electrons. The van der Waals surface area contributed by atoms with Gasteiger partial charge in [0.15, 0.2) is 0 Å². The minimum absolute atomic E-state index is 0.0775. The fraction of sp³-hybridized carbons (Fsp3) is 0.417. The second-order valence-corrected chi connectivity index (χ2v) is 5.73. The van der Waals surface area contributed by atoms with Gasteiger partial charge in [-0.3, -0.25) is 0 Å². The van der Waals surface area contributed by atoms with E-state index in [-0.39, 0.29) is 5.02 Å². The van der Waals surface area contributed by atoms with Crippen molar-refractivity contribution in [3.63, 3.8) is 0 Å². The van der Waals surface area contributed by atoms with Crippen LogP contribution in [0, 0.1) is 5.82 Å². The van der Waals surface area contributed by atoms with Crippen molar-refractivity contribution in [2.24, 2.45) is 0 Å². The molecule has 0 fully saturated rings. The van der Waals surface area contributed by atoms with Gasteiger partial charge >= 0.3 is 0 Å². The molecule has 0 bridgehead atoms. The Labute approximate surface area is 115 Å². The van der Waals surface area contributed by atoms with Crippen LogP contribution in [0.25, 0.3) is 11.0 Å². The lowest BCUT2D eigenvalue weighted by Gasteiger charge is -2.06. The number of imidazole rings is 1. The normalized spacial score (nSPS) is 11.3. The van der Waals surface area contributed by atoms with Gasteiger partial charge in [-0.1, -0.05) is 18.5 Å². The van der Waals surface area contributed by atoms with Gasteiger partial charge in [0.2, 0.25) is 5.95 Å². The number of aryl methyl sites for hydroxylation is 1. The molecular formula is C12H15ClFN3S. The van der Waals surface area contributed by atoms with Gasteiger partial charge in [0.1, 0.15) is 5.82 Å². The number of rotatable bonds is 5. The van der Waals surface area contributed by atoms with Crippen LogP contribution < -0.4 is 5.73 Å². The number of benzene rings is 1. The summed E-state index contributed by atoms with van der Waals surface area (Å²) in [4.78, 5) is 4.20. The van der Waals surface area contributed by atoms with Crippen molar-refractivity contribution in [1.82, 2.24) is 9.55 Å². The van der Waals surface area contributed by atoms with Gasteiger partial charge in [-0.2, -0.15) is 11.8 Å². The second kappa shape index (κ2) is 5.80. The third kappa shape index (κ3) is 2.72. The van der Waals surface area contributed by atoms with Crippen molar-refractivity contribution < 1.29 is 4.39 Å². The number of hydrogen-bond donors (Lipinski definition) is 1. The third-order valence-corrected chi connectivity index (χ3v) is 3.97. The summed E-state index contributed by atoms with van der Waals surface area (Å²) < 4.78 is 15.3. The molecule has 1 aromatic carbocycles. The maximum Gasteiger partial charge on any atom is 0.201 e. The molecule has 0 saturated carbocycles. The molecule has 3 nitrogen and oxygen atoms in total. The zero-order chi connectivity index (χ0) is 13.1. The Kier molecular flexibility index (Phi) is 4.35. The van der Waals surface area contributed by atoms with Crippen LogP contribution in [0.2, 0.25) is 5.02 Å². The van der Waals surface area contributed by atoms with E-state index in [2.05, 4.69) is 11.9 Å². The van der Waals surface area contributed by atoms with Gasteiger partial charge in [0.25, 0.3) is 0 Å². The molecule has 2 aromatic rings. The van der Waals surface area contributed by atoms with Crippen LogP contribution in [0.1, 0.15) is 13.3 Å². The van der Waals surface area contributed by atoms with E-state index in [0.29, 0.717) is 17.0 Å². The number of halogens is 2. The lowest BCUT2D eigenvalue weighted by atomic mass is 10.3. The van der Waals surface area contributed by atoms with Gasteiger partial charge in [-0.15, -0.1) is 0 Å². The quantitative estimate of drug-likeness (QED) is 0.855. The number of aromatic nitrogens is 2.